The first kappa shape index (κ1) is 15.8. The fourth-order valence-corrected chi connectivity index (χ4v) is 4.07. The summed E-state index contributed by atoms with van der Waals surface area (Å²) in [5.41, 5.74) is 7.68. The van der Waals surface area contributed by atoms with Gasteiger partial charge < -0.3 is 5.73 Å². The van der Waals surface area contributed by atoms with Crippen molar-refractivity contribution in [1.82, 2.24) is 4.90 Å². The molecule has 0 spiro atoms. The van der Waals surface area contributed by atoms with Crippen LogP contribution in [0.1, 0.15) is 51.1 Å². The van der Waals surface area contributed by atoms with Crippen molar-refractivity contribution in [2.24, 2.45) is 11.7 Å². The van der Waals surface area contributed by atoms with Gasteiger partial charge in [-0.05, 0) is 50.4 Å². The van der Waals surface area contributed by atoms with Crippen LogP contribution in [0.15, 0.2) is 24.3 Å². The van der Waals surface area contributed by atoms with Crippen LogP contribution in [-0.4, -0.2) is 24.0 Å². The minimum Gasteiger partial charge on any atom is -0.329 e. The number of halogens is 1. The van der Waals surface area contributed by atoms with Crippen molar-refractivity contribution in [2.45, 2.75) is 51.1 Å². The Labute approximate surface area is 128 Å². The van der Waals surface area contributed by atoms with Gasteiger partial charge in [0.2, 0.25) is 0 Å². The zero-order valence-corrected chi connectivity index (χ0v) is 13.7. The summed E-state index contributed by atoms with van der Waals surface area (Å²) in [6, 6.07) is 8.57. The third-order valence-electron chi connectivity index (χ3n) is 5.40. The van der Waals surface area contributed by atoms with Gasteiger partial charge in [0, 0.05) is 23.1 Å². The molecule has 112 valence electrons. The Hall–Kier alpha value is -0.570. The van der Waals surface area contributed by atoms with E-state index in [-0.39, 0.29) is 5.54 Å². The zero-order valence-electron chi connectivity index (χ0n) is 12.9. The van der Waals surface area contributed by atoms with Crippen molar-refractivity contribution in [3.63, 3.8) is 0 Å². The molecule has 2 N–H and O–H groups in total. The van der Waals surface area contributed by atoms with E-state index < -0.39 is 0 Å². The highest BCUT2D eigenvalue weighted by atomic mass is 35.5. The zero-order chi connectivity index (χ0) is 14.8. The van der Waals surface area contributed by atoms with Crippen molar-refractivity contribution in [2.75, 3.05) is 13.6 Å². The lowest BCUT2D eigenvalue weighted by atomic mass is 9.82. The van der Waals surface area contributed by atoms with Crippen molar-refractivity contribution < 1.29 is 0 Å². The second kappa shape index (κ2) is 6.46. The third-order valence-corrected chi connectivity index (χ3v) is 5.66. The summed E-state index contributed by atoms with van der Waals surface area (Å²) in [4.78, 5) is 2.51. The lowest BCUT2D eigenvalue weighted by Gasteiger charge is -2.46. The lowest BCUT2D eigenvalue weighted by Crippen LogP contribution is -2.55. The second-order valence-electron chi connectivity index (χ2n) is 6.14. The summed E-state index contributed by atoms with van der Waals surface area (Å²) in [7, 11) is 2.24. The smallest absolute Gasteiger partial charge is 0.0406 e. The number of benzene rings is 1. The molecule has 3 unspecified atom stereocenters. The van der Waals surface area contributed by atoms with Crippen LogP contribution in [0.2, 0.25) is 5.02 Å². The van der Waals surface area contributed by atoms with Gasteiger partial charge in [0.05, 0.1) is 0 Å². The Bertz CT molecular complexity index is 431. The van der Waals surface area contributed by atoms with Crippen LogP contribution in [0.4, 0.5) is 0 Å². The highest BCUT2D eigenvalue weighted by molar-refractivity contribution is 6.30. The van der Waals surface area contributed by atoms with E-state index in [1.165, 1.54) is 31.2 Å². The quantitative estimate of drug-likeness (QED) is 0.880. The Morgan fingerprint density at radius 3 is 2.60 bits per heavy atom. The molecule has 1 aliphatic carbocycles. The van der Waals surface area contributed by atoms with Crippen LogP contribution >= 0.6 is 11.6 Å². The van der Waals surface area contributed by atoms with Crippen LogP contribution in [-0.2, 0) is 0 Å². The monoisotopic (exact) mass is 294 g/mol. The second-order valence-corrected chi connectivity index (χ2v) is 6.58. The maximum absolute atomic E-state index is 6.21. The number of likely N-dealkylation sites (N-methyl/N-ethyl adjacent to an activating group) is 1. The van der Waals surface area contributed by atoms with E-state index in [0.717, 1.165) is 11.6 Å². The molecule has 1 aromatic carbocycles. The molecule has 0 bridgehead atoms. The summed E-state index contributed by atoms with van der Waals surface area (Å²) < 4.78 is 0. The van der Waals surface area contributed by atoms with E-state index in [4.69, 9.17) is 17.3 Å². The summed E-state index contributed by atoms with van der Waals surface area (Å²) in [6.45, 7) is 5.31. The summed E-state index contributed by atoms with van der Waals surface area (Å²) in [5.74, 6) is 0.715. The molecule has 0 aromatic heterocycles. The van der Waals surface area contributed by atoms with Gasteiger partial charge in [-0.2, -0.15) is 0 Å². The van der Waals surface area contributed by atoms with Gasteiger partial charge in [-0.3, -0.25) is 4.90 Å². The third kappa shape index (κ3) is 2.74. The van der Waals surface area contributed by atoms with Crippen LogP contribution in [0.25, 0.3) is 0 Å². The molecule has 0 radical (unpaired) electrons. The van der Waals surface area contributed by atoms with Gasteiger partial charge in [0.1, 0.15) is 0 Å². The number of nitrogens with zero attached hydrogens (tertiary/aromatic N) is 1. The van der Waals surface area contributed by atoms with Gasteiger partial charge in [0.25, 0.3) is 0 Å². The molecule has 0 saturated heterocycles. The van der Waals surface area contributed by atoms with E-state index in [0.29, 0.717) is 12.0 Å². The predicted molar refractivity (Wildman–Crippen MR) is 87.0 cm³/mol. The molecule has 1 aromatic rings. The lowest BCUT2D eigenvalue weighted by molar-refractivity contribution is 0.0474. The Morgan fingerprint density at radius 2 is 2.05 bits per heavy atom. The minimum absolute atomic E-state index is 0.161. The van der Waals surface area contributed by atoms with Crippen molar-refractivity contribution in [3.8, 4) is 0 Å². The standard InChI is InChI=1S/C17H27ClN2/c1-4-15-6-5-11-17(15,12-19)20(3)13(2)14-7-9-16(18)10-8-14/h7-10,13,15H,4-6,11-12,19H2,1-3H3. The fraction of sp³-hybridized carbons (Fsp3) is 0.647. The van der Waals surface area contributed by atoms with Gasteiger partial charge in [-0.15, -0.1) is 0 Å². The number of hydrogen-bond acceptors (Lipinski definition) is 2. The molecule has 1 fully saturated rings. The average molecular weight is 295 g/mol. The molecule has 3 atom stereocenters. The predicted octanol–water partition coefficient (Wildman–Crippen LogP) is 4.24. The summed E-state index contributed by atoms with van der Waals surface area (Å²) >= 11 is 5.99. The van der Waals surface area contributed by atoms with Crippen LogP contribution < -0.4 is 5.73 Å². The topological polar surface area (TPSA) is 29.3 Å². The Kier molecular flexibility index (Phi) is 5.11. The van der Waals surface area contributed by atoms with Crippen molar-refractivity contribution in [3.05, 3.63) is 34.9 Å². The molecule has 1 saturated carbocycles. The number of hydrogen-bond donors (Lipinski definition) is 1. The summed E-state index contributed by atoms with van der Waals surface area (Å²) in [6.07, 6.45) is 5.05. The Balaban J connectivity index is 2.24. The van der Waals surface area contributed by atoms with E-state index in [1.807, 2.05) is 12.1 Å². The Morgan fingerprint density at radius 1 is 1.40 bits per heavy atom. The molecule has 0 aliphatic heterocycles. The molecule has 1 aliphatic rings. The molecular formula is C17H27ClN2. The van der Waals surface area contributed by atoms with Gasteiger partial charge in [-0.25, -0.2) is 0 Å². The highest BCUT2D eigenvalue weighted by Crippen LogP contribution is 2.44. The molecule has 2 nitrogen and oxygen atoms in total. The molecule has 3 heteroatoms. The normalized spacial score (nSPS) is 28.0. The van der Waals surface area contributed by atoms with Gasteiger partial charge in [0.15, 0.2) is 0 Å². The van der Waals surface area contributed by atoms with Crippen molar-refractivity contribution in [1.29, 1.82) is 0 Å². The van der Waals surface area contributed by atoms with E-state index in [1.54, 1.807) is 0 Å². The molecular weight excluding hydrogens is 268 g/mol. The van der Waals surface area contributed by atoms with E-state index >= 15 is 0 Å². The molecule has 0 amide bonds. The maximum atomic E-state index is 6.21. The largest absolute Gasteiger partial charge is 0.329 e. The first-order valence-electron chi connectivity index (χ1n) is 7.73. The molecule has 2 rings (SSSR count). The van der Waals surface area contributed by atoms with Crippen LogP contribution in [0.5, 0.6) is 0 Å². The summed E-state index contributed by atoms with van der Waals surface area (Å²) in [5, 5.41) is 0.796. The highest BCUT2D eigenvalue weighted by Gasteiger charge is 2.45. The van der Waals surface area contributed by atoms with Gasteiger partial charge in [-0.1, -0.05) is 43.5 Å². The first-order chi connectivity index (χ1) is 9.55. The fourth-order valence-electron chi connectivity index (χ4n) is 3.94. The van der Waals surface area contributed by atoms with E-state index in [2.05, 4.69) is 37.9 Å². The van der Waals surface area contributed by atoms with E-state index in [9.17, 15) is 0 Å². The maximum Gasteiger partial charge on any atom is 0.0406 e. The van der Waals surface area contributed by atoms with Crippen molar-refractivity contribution >= 4 is 11.6 Å². The first-order valence-corrected chi connectivity index (χ1v) is 8.11. The SMILES string of the molecule is CCC1CCCC1(CN)N(C)C(C)c1ccc(Cl)cc1. The van der Waals surface area contributed by atoms with Crippen LogP contribution in [0.3, 0.4) is 0 Å². The van der Waals surface area contributed by atoms with Crippen LogP contribution in [0, 0.1) is 5.92 Å². The number of nitrogens with two attached hydrogens (primary N) is 1. The minimum atomic E-state index is 0.161. The van der Waals surface area contributed by atoms with Gasteiger partial charge >= 0.3 is 0 Å². The number of rotatable bonds is 5. The average Bonchev–Trinajstić information content (AvgIpc) is 2.90. The molecule has 20 heavy (non-hydrogen) atoms. The molecule has 0 heterocycles.